The van der Waals surface area contributed by atoms with E-state index in [4.69, 9.17) is 9.47 Å². The molecule has 3 rings (SSSR count). The Balaban J connectivity index is 1.82. The van der Waals surface area contributed by atoms with E-state index in [1.807, 2.05) is 42.5 Å². The third kappa shape index (κ3) is 6.06. The Bertz CT molecular complexity index is 1250. The zero-order chi connectivity index (χ0) is 24.7. The standard InChI is InChI=1S/C25H28N2O6S/c1-17(19-7-5-4-6-8-19)27-34(30,31)24-16-20(25(28)29)10-11-21(24)26-14-13-18-9-12-22(32-2)23(15-18)33-3/h4-12,15-17,26-27H,13-14H2,1-3H3,(H,28,29). The second-order valence-corrected chi connectivity index (χ2v) is 9.32. The molecule has 0 saturated heterocycles. The quantitative estimate of drug-likeness (QED) is 0.375. The van der Waals surface area contributed by atoms with Gasteiger partial charge in [-0.05, 0) is 54.8 Å². The zero-order valence-corrected chi connectivity index (χ0v) is 20.1. The van der Waals surface area contributed by atoms with E-state index in [1.165, 1.54) is 18.2 Å². The lowest BCUT2D eigenvalue weighted by Gasteiger charge is -2.18. The molecule has 3 aromatic rings. The molecule has 0 spiro atoms. The monoisotopic (exact) mass is 484 g/mol. The van der Waals surface area contributed by atoms with Crippen LogP contribution >= 0.6 is 0 Å². The van der Waals surface area contributed by atoms with Gasteiger partial charge in [0, 0.05) is 12.6 Å². The van der Waals surface area contributed by atoms with Gasteiger partial charge in [-0.25, -0.2) is 17.9 Å². The van der Waals surface area contributed by atoms with Crippen LogP contribution in [0.5, 0.6) is 11.5 Å². The number of sulfonamides is 1. The summed E-state index contributed by atoms with van der Waals surface area (Å²) >= 11 is 0. The maximum atomic E-state index is 13.2. The van der Waals surface area contributed by atoms with Crippen molar-refractivity contribution >= 4 is 21.7 Å². The molecule has 1 unspecified atom stereocenters. The van der Waals surface area contributed by atoms with Gasteiger partial charge in [-0.15, -0.1) is 0 Å². The Morgan fingerprint density at radius 1 is 0.971 bits per heavy atom. The van der Waals surface area contributed by atoms with Gasteiger partial charge in [0.15, 0.2) is 11.5 Å². The van der Waals surface area contributed by atoms with Crippen LogP contribution < -0.4 is 19.5 Å². The Hall–Kier alpha value is -3.56. The van der Waals surface area contributed by atoms with Crippen LogP contribution in [0.25, 0.3) is 0 Å². The van der Waals surface area contributed by atoms with Crippen LogP contribution in [-0.2, 0) is 16.4 Å². The van der Waals surface area contributed by atoms with Gasteiger partial charge < -0.3 is 19.9 Å². The highest BCUT2D eigenvalue weighted by Crippen LogP contribution is 2.28. The van der Waals surface area contributed by atoms with Gasteiger partial charge in [0.05, 0.1) is 25.5 Å². The zero-order valence-electron chi connectivity index (χ0n) is 19.2. The van der Waals surface area contributed by atoms with E-state index in [1.54, 1.807) is 27.2 Å². The smallest absolute Gasteiger partial charge is 0.335 e. The van der Waals surface area contributed by atoms with E-state index in [9.17, 15) is 18.3 Å². The average molecular weight is 485 g/mol. The van der Waals surface area contributed by atoms with Crippen LogP contribution in [0.1, 0.15) is 34.5 Å². The maximum Gasteiger partial charge on any atom is 0.335 e. The summed E-state index contributed by atoms with van der Waals surface area (Å²) in [7, 11) is -0.897. The van der Waals surface area contributed by atoms with Gasteiger partial charge in [-0.1, -0.05) is 36.4 Å². The predicted octanol–water partition coefficient (Wildman–Crippen LogP) is 4.10. The first-order valence-electron chi connectivity index (χ1n) is 10.6. The minimum atomic E-state index is -4.02. The maximum absolute atomic E-state index is 13.2. The van der Waals surface area contributed by atoms with Crippen molar-refractivity contribution in [1.82, 2.24) is 4.72 Å². The number of aromatic carboxylic acids is 1. The van der Waals surface area contributed by atoms with Crippen molar-refractivity contribution in [1.29, 1.82) is 0 Å². The molecule has 3 aromatic carbocycles. The first-order valence-corrected chi connectivity index (χ1v) is 12.1. The molecule has 180 valence electrons. The Morgan fingerprint density at radius 3 is 2.32 bits per heavy atom. The number of hydrogen-bond acceptors (Lipinski definition) is 6. The highest BCUT2D eigenvalue weighted by atomic mass is 32.2. The number of carboxylic acids is 1. The van der Waals surface area contributed by atoms with Gasteiger partial charge in [0.1, 0.15) is 4.90 Å². The molecular weight excluding hydrogens is 456 g/mol. The normalized spacial score (nSPS) is 12.1. The molecular formula is C25H28N2O6S. The molecule has 0 aliphatic heterocycles. The van der Waals surface area contributed by atoms with E-state index in [2.05, 4.69) is 10.0 Å². The minimum Gasteiger partial charge on any atom is -0.493 e. The highest BCUT2D eigenvalue weighted by molar-refractivity contribution is 7.89. The van der Waals surface area contributed by atoms with Crippen molar-refractivity contribution in [2.75, 3.05) is 26.1 Å². The fraction of sp³-hybridized carbons (Fsp3) is 0.240. The summed E-state index contributed by atoms with van der Waals surface area (Å²) in [5.41, 5.74) is 1.97. The molecule has 3 N–H and O–H groups in total. The van der Waals surface area contributed by atoms with Crippen molar-refractivity contribution in [2.24, 2.45) is 0 Å². The van der Waals surface area contributed by atoms with Crippen molar-refractivity contribution in [2.45, 2.75) is 24.3 Å². The first kappa shape index (κ1) is 25.1. The molecule has 0 bridgehead atoms. The van der Waals surface area contributed by atoms with Crippen LogP contribution in [0.3, 0.4) is 0 Å². The Labute approximate surface area is 199 Å². The van der Waals surface area contributed by atoms with E-state index in [0.717, 1.165) is 11.1 Å². The second-order valence-electron chi connectivity index (χ2n) is 7.64. The number of hydrogen-bond donors (Lipinski definition) is 3. The lowest BCUT2D eigenvalue weighted by molar-refractivity contribution is 0.0696. The van der Waals surface area contributed by atoms with Gasteiger partial charge >= 0.3 is 5.97 Å². The molecule has 0 aliphatic rings. The summed E-state index contributed by atoms with van der Waals surface area (Å²) in [5.74, 6) is 0.0214. The molecule has 0 amide bonds. The van der Waals surface area contributed by atoms with Gasteiger partial charge in [0.25, 0.3) is 0 Å². The predicted molar refractivity (Wildman–Crippen MR) is 130 cm³/mol. The molecule has 0 fully saturated rings. The molecule has 8 nitrogen and oxygen atoms in total. The summed E-state index contributed by atoms with van der Waals surface area (Å²) in [6.45, 7) is 2.15. The number of carbonyl (C=O) groups is 1. The number of rotatable bonds is 11. The fourth-order valence-electron chi connectivity index (χ4n) is 3.51. The summed E-state index contributed by atoms with van der Waals surface area (Å²) < 4.78 is 39.7. The van der Waals surface area contributed by atoms with Gasteiger partial charge in [0.2, 0.25) is 10.0 Å². The molecule has 0 aromatic heterocycles. The van der Waals surface area contributed by atoms with E-state index in [-0.39, 0.29) is 10.5 Å². The van der Waals surface area contributed by atoms with Gasteiger partial charge in [-0.2, -0.15) is 0 Å². The van der Waals surface area contributed by atoms with Crippen LogP contribution in [0.15, 0.2) is 71.6 Å². The van der Waals surface area contributed by atoms with Crippen molar-refractivity contribution in [3.63, 3.8) is 0 Å². The largest absolute Gasteiger partial charge is 0.493 e. The summed E-state index contributed by atoms with van der Waals surface area (Å²) in [6.07, 6.45) is 0.578. The second kappa shape index (κ2) is 11.0. The van der Waals surface area contributed by atoms with E-state index < -0.39 is 22.0 Å². The lowest BCUT2D eigenvalue weighted by atomic mass is 10.1. The summed E-state index contributed by atoms with van der Waals surface area (Å²) in [4.78, 5) is 11.4. The lowest BCUT2D eigenvalue weighted by Crippen LogP contribution is -2.28. The third-order valence-electron chi connectivity index (χ3n) is 5.33. The fourth-order valence-corrected chi connectivity index (χ4v) is 4.95. The third-order valence-corrected chi connectivity index (χ3v) is 6.91. The first-order chi connectivity index (χ1) is 16.2. The number of nitrogens with one attached hydrogen (secondary N) is 2. The molecule has 0 radical (unpaired) electrons. The van der Waals surface area contributed by atoms with Crippen LogP contribution in [0, 0.1) is 0 Å². The molecule has 1 atom stereocenters. The molecule has 0 heterocycles. The van der Waals surface area contributed by atoms with Crippen LogP contribution in [0.2, 0.25) is 0 Å². The topological polar surface area (TPSA) is 114 Å². The Morgan fingerprint density at radius 2 is 1.68 bits per heavy atom. The van der Waals surface area contributed by atoms with Crippen molar-refractivity contribution in [3.05, 3.63) is 83.4 Å². The number of anilines is 1. The number of methoxy groups -OCH3 is 2. The molecule has 9 heteroatoms. The van der Waals surface area contributed by atoms with E-state index in [0.29, 0.717) is 30.2 Å². The minimum absolute atomic E-state index is 0.113. The molecule has 0 aliphatic carbocycles. The number of benzene rings is 3. The van der Waals surface area contributed by atoms with Crippen LogP contribution in [-0.4, -0.2) is 40.3 Å². The van der Waals surface area contributed by atoms with Gasteiger partial charge in [-0.3, -0.25) is 0 Å². The molecule has 0 saturated carbocycles. The summed E-state index contributed by atoms with van der Waals surface area (Å²) in [5, 5.41) is 12.5. The van der Waals surface area contributed by atoms with Crippen LogP contribution in [0.4, 0.5) is 5.69 Å². The average Bonchev–Trinajstić information content (AvgIpc) is 2.84. The van der Waals surface area contributed by atoms with E-state index >= 15 is 0 Å². The van der Waals surface area contributed by atoms with Crippen molar-refractivity contribution in [3.8, 4) is 11.5 Å². The highest BCUT2D eigenvalue weighted by Gasteiger charge is 2.23. The molecule has 34 heavy (non-hydrogen) atoms. The number of ether oxygens (including phenoxy) is 2. The Kier molecular flexibility index (Phi) is 8.14. The summed E-state index contributed by atoms with van der Waals surface area (Å²) in [6, 6.07) is 18.2. The SMILES string of the molecule is COc1ccc(CCNc2ccc(C(=O)O)cc2S(=O)(=O)NC(C)c2ccccc2)cc1OC. The van der Waals surface area contributed by atoms with Crippen molar-refractivity contribution < 1.29 is 27.8 Å². The number of carboxylic acid groups (broad SMARTS) is 1.